The van der Waals surface area contributed by atoms with Crippen molar-refractivity contribution in [1.82, 2.24) is 20.2 Å². The van der Waals surface area contributed by atoms with E-state index in [9.17, 15) is 0 Å². The van der Waals surface area contributed by atoms with Gasteiger partial charge in [0, 0.05) is 11.5 Å². The maximum absolute atomic E-state index is 5.24. The van der Waals surface area contributed by atoms with Crippen LogP contribution in [0.5, 0.6) is 5.75 Å². The molecule has 6 nitrogen and oxygen atoms in total. The molecule has 1 atom stereocenters. The van der Waals surface area contributed by atoms with Crippen LogP contribution in [0.15, 0.2) is 41.8 Å². The van der Waals surface area contributed by atoms with E-state index >= 15 is 0 Å². The summed E-state index contributed by atoms with van der Waals surface area (Å²) >= 11 is 3.82. The van der Waals surface area contributed by atoms with E-state index in [0.29, 0.717) is 6.54 Å². The number of nitrogens with zero attached hydrogens (tertiary/aromatic N) is 4. The lowest BCUT2D eigenvalue weighted by Crippen LogP contribution is -3.14. The lowest BCUT2D eigenvalue weighted by Gasteiger charge is -2.29. The molecule has 1 N–H and O–H groups in total. The minimum absolute atomic E-state index is 0.198. The summed E-state index contributed by atoms with van der Waals surface area (Å²) in [6.07, 6.45) is 0. The number of tetrazole rings is 1. The van der Waals surface area contributed by atoms with Gasteiger partial charge >= 0.3 is 0 Å². The van der Waals surface area contributed by atoms with Crippen molar-refractivity contribution < 1.29 is 9.64 Å². The normalized spacial score (nSPS) is 16.5. The first kappa shape index (κ1) is 17.5. The van der Waals surface area contributed by atoms with E-state index in [-0.39, 0.29) is 6.04 Å². The van der Waals surface area contributed by atoms with Gasteiger partial charge in [-0.05, 0) is 39.6 Å². The van der Waals surface area contributed by atoms with Crippen LogP contribution in [0.2, 0.25) is 0 Å². The quantitative estimate of drug-likeness (QED) is 0.694. The van der Waals surface area contributed by atoms with Crippen LogP contribution in [0.25, 0.3) is 0 Å². The molecule has 0 unspecified atom stereocenters. The Morgan fingerprint density at radius 3 is 2.69 bits per heavy atom. The van der Waals surface area contributed by atoms with E-state index in [4.69, 9.17) is 4.74 Å². The van der Waals surface area contributed by atoms with E-state index in [0.717, 1.165) is 30.2 Å². The van der Waals surface area contributed by atoms with Crippen LogP contribution >= 0.6 is 23.1 Å². The second-order valence-corrected chi connectivity index (χ2v) is 8.47. The molecule has 136 valence electrons. The van der Waals surface area contributed by atoms with E-state index in [1.54, 1.807) is 23.3 Å². The lowest BCUT2D eigenvalue weighted by molar-refractivity contribution is -0.922. The zero-order valence-corrected chi connectivity index (χ0v) is 16.3. The highest BCUT2D eigenvalue weighted by Crippen LogP contribution is 2.23. The number of hydrogen-bond donors (Lipinski definition) is 1. The molecule has 0 bridgehead atoms. The Labute approximate surface area is 161 Å². The van der Waals surface area contributed by atoms with Gasteiger partial charge in [0.25, 0.3) is 0 Å². The fraction of sp³-hybridized carbons (Fsp3) is 0.389. The van der Waals surface area contributed by atoms with Gasteiger partial charge < -0.3 is 9.64 Å². The maximum atomic E-state index is 5.24. The number of aromatic nitrogens is 4. The molecule has 0 amide bonds. The van der Waals surface area contributed by atoms with Crippen molar-refractivity contribution in [2.45, 2.75) is 12.6 Å². The summed E-state index contributed by atoms with van der Waals surface area (Å²) in [4.78, 5) is 2.88. The molecular weight excluding hydrogens is 366 g/mol. The maximum Gasteiger partial charge on any atom is 0.215 e. The number of thioether (sulfide) groups is 1. The van der Waals surface area contributed by atoms with Crippen LogP contribution in [-0.2, 0) is 6.54 Å². The van der Waals surface area contributed by atoms with Gasteiger partial charge in [0.15, 0.2) is 6.04 Å². The first-order chi connectivity index (χ1) is 12.8. The molecule has 1 aliphatic heterocycles. The summed E-state index contributed by atoms with van der Waals surface area (Å²) in [5.41, 5.74) is 1.16. The first-order valence-corrected chi connectivity index (χ1v) is 10.7. The molecule has 1 aromatic carbocycles. The Hall–Kier alpha value is -1.90. The highest BCUT2D eigenvalue weighted by molar-refractivity contribution is 7.99. The van der Waals surface area contributed by atoms with Gasteiger partial charge in [-0.3, -0.25) is 0 Å². The number of thiophene rings is 1. The summed E-state index contributed by atoms with van der Waals surface area (Å²) < 4.78 is 7.19. The molecule has 0 saturated carbocycles. The molecule has 1 saturated heterocycles. The Bertz CT molecular complexity index is 812. The fourth-order valence-corrected chi connectivity index (χ4v) is 5.22. The first-order valence-electron chi connectivity index (χ1n) is 8.70. The van der Waals surface area contributed by atoms with Crippen molar-refractivity contribution in [1.29, 1.82) is 0 Å². The topological polar surface area (TPSA) is 57.3 Å². The molecular formula is C18H22N5OS2+. The molecule has 0 radical (unpaired) electrons. The summed E-state index contributed by atoms with van der Waals surface area (Å²) in [6, 6.07) is 12.6. The lowest BCUT2D eigenvalue weighted by atomic mass is 10.1. The summed E-state index contributed by atoms with van der Waals surface area (Å²) in [6.45, 7) is 2.95. The highest BCUT2D eigenvalue weighted by atomic mass is 32.2. The minimum Gasteiger partial charge on any atom is -0.497 e. The summed E-state index contributed by atoms with van der Waals surface area (Å²) in [5, 5.41) is 14.9. The molecule has 3 aromatic rings. The zero-order valence-electron chi connectivity index (χ0n) is 14.7. The van der Waals surface area contributed by atoms with Crippen LogP contribution in [0.4, 0.5) is 0 Å². The Kier molecular flexibility index (Phi) is 5.52. The van der Waals surface area contributed by atoms with Crippen LogP contribution in [0.1, 0.15) is 22.3 Å². The number of rotatable bonds is 6. The van der Waals surface area contributed by atoms with Crippen molar-refractivity contribution in [3.05, 3.63) is 58.0 Å². The van der Waals surface area contributed by atoms with Crippen LogP contribution in [0, 0.1) is 0 Å². The van der Waals surface area contributed by atoms with Crippen molar-refractivity contribution in [2.75, 3.05) is 31.7 Å². The molecule has 0 spiro atoms. The zero-order chi connectivity index (χ0) is 17.8. The van der Waals surface area contributed by atoms with Gasteiger partial charge in [0.1, 0.15) is 5.75 Å². The van der Waals surface area contributed by atoms with Crippen molar-refractivity contribution in [2.24, 2.45) is 0 Å². The molecule has 3 heterocycles. The molecule has 4 rings (SSSR count). The van der Waals surface area contributed by atoms with Crippen molar-refractivity contribution >= 4 is 23.1 Å². The largest absolute Gasteiger partial charge is 0.497 e. The van der Waals surface area contributed by atoms with Crippen LogP contribution in [0.3, 0.4) is 0 Å². The van der Waals surface area contributed by atoms with Gasteiger partial charge in [-0.25, -0.2) is 4.68 Å². The molecule has 1 aliphatic rings. The van der Waals surface area contributed by atoms with Crippen LogP contribution in [-0.4, -0.2) is 51.9 Å². The average molecular weight is 389 g/mol. The molecule has 0 aliphatic carbocycles. The van der Waals surface area contributed by atoms with E-state index in [1.165, 1.54) is 16.4 Å². The monoisotopic (exact) mass is 388 g/mol. The minimum atomic E-state index is 0.198. The Morgan fingerprint density at radius 1 is 1.19 bits per heavy atom. The standard InChI is InChI=1S/C18H21N5OS2/c1-24-15-6-4-14(5-7-15)13-23-18(19-20-21-23)17(16-3-2-10-26-16)22-8-11-25-12-9-22/h2-7,10,17H,8-9,11-13H2,1H3/p+1/t17-/m1/s1. The third-order valence-corrected chi connectivity index (χ3v) is 6.60. The SMILES string of the molecule is COc1ccc(Cn2nnnc2[C@@H](c2cccs2)[NH+]2CCSCC2)cc1. The summed E-state index contributed by atoms with van der Waals surface area (Å²) in [7, 11) is 1.68. The third-order valence-electron chi connectivity index (χ3n) is 4.68. The van der Waals surface area contributed by atoms with Crippen molar-refractivity contribution in [3.8, 4) is 5.75 Å². The van der Waals surface area contributed by atoms with Gasteiger partial charge in [-0.15, -0.1) is 16.4 Å². The Balaban J connectivity index is 1.63. The second kappa shape index (κ2) is 8.20. The molecule has 2 aromatic heterocycles. The predicted octanol–water partition coefficient (Wildman–Crippen LogP) is 1.51. The van der Waals surface area contributed by atoms with E-state index in [1.807, 2.05) is 28.6 Å². The molecule has 26 heavy (non-hydrogen) atoms. The Morgan fingerprint density at radius 2 is 2.00 bits per heavy atom. The number of methoxy groups -OCH3 is 1. The van der Waals surface area contributed by atoms with Crippen LogP contribution < -0.4 is 9.64 Å². The summed E-state index contributed by atoms with van der Waals surface area (Å²) in [5.74, 6) is 4.19. The third kappa shape index (κ3) is 3.77. The number of benzene rings is 1. The highest BCUT2D eigenvalue weighted by Gasteiger charge is 2.33. The number of hydrogen-bond acceptors (Lipinski definition) is 6. The average Bonchev–Trinajstić information content (AvgIpc) is 3.37. The fourth-order valence-electron chi connectivity index (χ4n) is 3.32. The number of ether oxygens (including phenoxy) is 1. The van der Waals surface area contributed by atoms with E-state index in [2.05, 4.69) is 45.2 Å². The van der Waals surface area contributed by atoms with Crippen molar-refractivity contribution in [3.63, 3.8) is 0 Å². The molecule has 8 heteroatoms. The van der Waals surface area contributed by atoms with Gasteiger partial charge in [0.05, 0.1) is 31.6 Å². The smallest absolute Gasteiger partial charge is 0.215 e. The number of nitrogens with one attached hydrogen (secondary N) is 1. The van der Waals surface area contributed by atoms with Gasteiger partial charge in [0.2, 0.25) is 5.82 Å². The van der Waals surface area contributed by atoms with Gasteiger partial charge in [-0.2, -0.15) is 11.8 Å². The molecule has 1 fully saturated rings. The van der Waals surface area contributed by atoms with E-state index < -0.39 is 0 Å². The second-order valence-electron chi connectivity index (χ2n) is 6.26. The number of quaternary nitrogens is 1. The predicted molar refractivity (Wildman–Crippen MR) is 104 cm³/mol. The van der Waals surface area contributed by atoms with Gasteiger partial charge in [-0.1, -0.05) is 18.2 Å².